The van der Waals surface area contributed by atoms with Crippen LogP contribution >= 0.6 is 0 Å². The summed E-state index contributed by atoms with van der Waals surface area (Å²) in [6, 6.07) is -1.15. The highest BCUT2D eigenvalue weighted by molar-refractivity contribution is 5.96. The Balaban J connectivity index is 1.49. The molecule has 6 N–H and O–H groups in total. The van der Waals surface area contributed by atoms with E-state index in [9.17, 15) is 43.5 Å². The van der Waals surface area contributed by atoms with Gasteiger partial charge in [-0.05, 0) is 99.3 Å². The molecule has 0 aromatic heterocycles. The highest BCUT2D eigenvalue weighted by Gasteiger charge is 2.43. The molecule has 0 spiro atoms. The molecule has 0 bridgehead atoms. The third kappa shape index (κ3) is 34.0. The highest BCUT2D eigenvalue weighted by atomic mass is 16.6. The summed E-state index contributed by atoms with van der Waals surface area (Å²) >= 11 is 0. The van der Waals surface area contributed by atoms with Gasteiger partial charge in [-0.2, -0.15) is 0 Å². The molecule has 0 aromatic rings. The number of esters is 3. The number of alkyl carbamates (subject to hydrolysis) is 3. The zero-order valence-electron chi connectivity index (χ0n) is 57.7. The molecule has 0 radical (unpaired) electrons. The second-order valence-electron chi connectivity index (χ2n) is 27.3. The minimum absolute atomic E-state index is 0.0161. The number of nitrogens with zero attached hydrogens (tertiary/aromatic N) is 5. The minimum atomic E-state index is -1.47. The molecule has 4 atom stereocenters. The Morgan fingerprint density at radius 2 is 0.747 bits per heavy atom. The van der Waals surface area contributed by atoms with Crippen molar-refractivity contribution >= 4 is 48.2 Å². The fourth-order valence-electron chi connectivity index (χ4n) is 10.7. The van der Waals surface area contributed by atoms with Crippen LogP contribution in [-0.2, 0) is 42.8 Å². The zero-order chi connectivity index (χ0) is 67.1. The van der Waals surface area contributed by atoms with Gasteiger partial charge in [-0.3, -0.25) is 34.0 Å². The standard InChI is InChI=1S/C67H123N9O15/c1-10-13-16-25-34-65(4,5)56(77)86-50-53(47-68)89-59(80)69-37-28-19-22-31-40-74-62(83)75(41-32-23-20-29-38-70-60(81)90-54(48-72-43-44-72)51-87-57(78)66(6,7)35-26-17-14-11-2)64(85)76(63(74)84)42-33-24-21-30-39-71-61(82)91-55(49-73-45-46-73)52-88-58(79)67(8,9)36-27-18-15-12-3/h53-55,62,83H,10-52,68H2,1-9H3,(H,69,80)(H,70,81)(H,71,82)/t53?,54?,55?,62-/m1/s1. The molecule has 24 nitrogen and oxygen atoms in total. The van der Waals surface area contributed by atoms with Gasteiger partial charge in [0, 0.05) is 85.1 Å². The molecule has 7 amide bonds. The molecule has 0 saturated carbocycles. The molecule has 3 rings (SSSR count). The average Bonchev–Trinajstić information content (AvgIpc) is 1.78. The lowest BCUT2D eigenvalue weighted by Gasteiger charge is -2.44. The van der Waals surface area contributed by atoms with E-state index in [1.54, 1.807) is 0 Å². The van der Waals surface area contributed by atoms with Crippen molar-refractivity contribution in [3.63, 3.8) is 0 Å². The van der Waals surface area contributed by atoms with Crippen LogP contribution in [0.4, 0.5) is 24.0 Å². The van der Waals surface area contributed by atoms with Crippen LogP contribution in [0.1, 0.15) is 236 Å². The summed E-state index contributed by atoms with van der Waals surface area (Å²) in [6.07, 6.45) is 17.0. The molecule has 3 aliphatic heterocycles. The van der Waals surface area contributed by atoms with Crippen molar-refractivity contribution in [2.45, 2.75) is 260 Å². The summed E-state index contributed by atoms with van der Waals surface area (Å²) in [5.41, 5.74) is 3.93. The Labute approximate surface area is 545 Å². The van der Waals surface area contributed by atoms with Gasteiger partial charge >= 0.3 is 48.2 Å². The van der Waals surface area contributed by atoms with Crippen LogP contribution in [0.5, 0.6) is 0 Å². The first-order chi connectivity index (χ1) is 43.5. The van der Waals surface area contributed by atoms with Gasteiger partial charge in [0.2, 0.25) is 6.35 Å². The average molecular weight is 1290 g/mol. The molecule has 3 fully saturated rings. The number of hydrogen-bond acceptors (Lipinski definition) is 18. The number of aliphatic hydroxyl groups is 1. The van der Waals surface area contributed by atoms with E-state index >= 15 is 0 Å². The number of aliphatic hydroxyl groups excluding tert-OH is 1. The van der Waals surface area contributed by atoms with E-state index in [1.165, 1.54) is 14.7 Å². The first-order valence-corrected chi connectivity index (χ1v) is 35.0. The topological polar surface area (TPSA) is 290 Å². The molecule has 3 aliphatic rings. The molecule has 0 aliphatic carbocycles. The van der Waals surface area contributed by atoms with E-state index in [4.69, 9.17) is 34.2 Å². The van der Waals surface area contributed by atoms with Crippen LogP contribution in [0.25, 0.3) is 0 Å². The van der Waals surface area contributed by atoms with E-state index in [0.717, 1.165) is 116 Å². The maximum Gasteiger partial charge on any atom is 0.407 e. The van der Waals surface area contributed by atoms with Gasteiger partial charge in [-0.1, -0.05) is 136 Å². The SMILES string of the molecule is CCCCCCC(C)(C)C(=O)OCC(CN)OC(=O)NCCCCCCN1C(=O)N(CCCCCCNC(=O)OC(COC(=O)C(C)(C)CCCCCC)CN2CC2)C(=O)N(CCCCCCNC(=O)OC(COC(=O)C(C)(C)CCCCCC)CN2CC2)[C@@H]1O. The van der Waals surface area contributed by atoms with Crippen LogP contribution < -0.4 is 21.7 Å². The van der Waals surface area contributed by atoms with Crippen LogP contribution in [0.2, 0.25) is 0 Å². The Morgan fingerprint density at radius 1 is 0.451 bits per heavy atom. The number of hydrogen-bond donors (Lipinski definition) is 5. The summed E-state index contributed by atoms with van der Waals surface area (Å²) in [4.78, 5) is 113. The second kappa shape index (κ2) is 44.4. The predicted molar refractivity (Wildman–Crippen MR) is 350 cm³/mol. The number of urea groups is 2. The fourth-order valence-corrected chi connectivity index (χ4v) is 10.7. The van der Waals surface area contributed by atoms with Gasteiger partial charge in [0.15, 0.2) is 12.2 Å². The highest BCUT2D eigenvalue weighted by Crippen LogP contribution is 2.29. The normalized spacial score (nSPS) is 16.4. The fraction of sp³-hybridized carbons (Fsp3) is 0.881. The lowest BCUT2D eigenvalue weighted by Crippen LogP contribution is -2.66. The Bertz CT molecular complexity index is 2130. The number of carbonyl (C=O) groups excluding carboxylic acids is 8. The van der Waals surface area contributed by atoms with Crippen molar-refractivity contribution in [2.24, 2.45) is 22.0 Å². The van der Waals surface area contributed by atoms with Gasteiger partial charge in [0.25, 0.3) is 0 Å². The molecule has 3 heterocycles. The van der Waals surface area contributed by atoms with Gasteiger partial charge < -0.3 is 55.2 Å². The molecular weight excluding hydrogens is 1170 g/mol. The van der Waals surface area contributed by atoms with Gasteiger partial charge in [0.05, 0.1) is 16.2 Å². The molecule has 526 valence electrons. The van der Waals surface area contributed by atoms with Crippen molar-refractivity contribution in [1.82, 2.24) is 40.4 Å². The molecule has 3 saturated heterocycles. The van der Waals surface area contributed by atoms with Crippen molar-refractivity contribution in [1.29, 1.82) is 0 Å². The van der Waals surface area contributed by atoms with E-state index in [1.807, 2.05) is 41.5 Å². The summed E-state index contributed by atoms with van der Waals surface area (Å²) in [5.74, 6) is -0.952. The summed E-state index contributed by atoms with van der Waals surface area (Å²) in [5, 5.41) is 20.0. The summed E-state index contributed by atoms with van der Waals surface area (Å²) in [7, 11) is 0. The summed E-state index contributed by atoms with van der Waals surface area (Å²) in [6.45, 7) is 23.6. The maximum atomic E-state index is 14.0. The largest absolute Gasteiger partial charge is 0.461 e. The minimum Gasteiger partial charge on any atom is -0.461 e. The first-order valence-electron chi connectivity index (χ1n) is 35.0. The van der Waals surface area contributed by atoms with E-state index in [-0.39, 0.29) is 63.9 Å². The van der Waals surface area contributed by atoms with E-state index in [0.29, 0.717) is 116 Å². The number of ether oxygens (including phenoxy) is 6. The van der Waals surface area contributed by atoms with Crippen LogP contribution in [-0.4, -0.2) is 207 Å². The van der Waals surface area contributed by atoms with E-state index in [2.05, 4.69) is 46.5 Å². The quantitative estimate of drug-likeness (QED) is 0.0164. The maximum absolute atomic E-state index is 14.0. The van der Waals surface area contributed by atoms with Gasteiger partial charge in [-0.15, -0.1) is 0 Å². The third-order valence-corrected chi connectivity index (χ3v) is 17.2. The number of nitrogens with two attached hydrogens (primary N) is 1. The van der Waals surface area contributed by atoms with Crippen LogP contribution in [0.15, 0.2) is 0 Å². The number of nitrogens with one attached hydrogen (secondary N) is 3. The molecule has 3 unspecified atom stereocenters. The number of rotatable bonds is 53. The Morgan fingerprint density at radius 3 is 1.07 bits per heavy atom. The molecule has 24 heteroatoms. The molecule has 0 aromatic carbocycles. The number of amides is 7. The first kappa shape index (κ1) is 80.0. The monoisotopic (exact) mass is 1290 g/mol. The summed E-state index contributed by atoms with van der Waals surface area (Å²) < 4.78 is 33.7. The van der Waals surface area contributed by atoms with Crippen molar-refractivity contribution in [2.75, 3.05) is 105 Å². The van der Waals surface area contributed by atoms with Crippen LogP contribution in [0.3, 0.4) is 0 Å². The lowest BCUT2D eigenvalue weighted by atomic mass is 9.87. The van der Waals surface area contributed by atoms with Crippen molar-refractivity contribution in [3.05, 3.63) is 0 Å². The predicted octanol–water partition coefficient (Wildman–Crippen LogP) is 10.6. The number of unbranched alkanes of at least 4 members (excludes halogenated alkanes) is 18. The third-order valence-electron chi connectivity index (χ3n) is 17.2. The molecule has 91 heavy (non-hydrogen) atoms. The lowest BCUT2D eigenvalue weighted by molar-refractivity contribution is -0.158. The number of imide groups is 1. The second-order valence-corrected chi connectivity index (χ2v) is 27.3. The number of carbonyl (C=O) groups is 8. The van der Waals surface area contributed by atoms with Crippen LogP contribution in [0, 0.1) is 16.2 Å². The molecular formula is C67H123N9O15. The van der Waals surface area contributed by atoms with E-state index < -0.39 is 71.3 Å². The van der Waals surface area contributed by atoms with Gasteiger partial charge in [-0.25, -0.2) is 28.9 Å². The van der Waals surface area contributed by atoms with Gasteiger partial charge in [0.1, 0.15) is 25.9 Å². The smallest absolute Gasteiger partial charge is 0.407 e. The van der Waals surface area contributed by atoms with Crippen molar-refractivity contribution in [3.8, 4) is 0 Å². The Kier molecular flexibility index (Phi) is 39.1. The zero-order valence-corrected chi connectivity index (χ0v) is 57.7. The Hall–Kier alpha value is -5.20. The van der Waals surface area contributed by atoms with Crippen molar-refractivity contribution < 1.29 is 71.9 Å².